The first kappa shape index (κ1) is 11.7. The molecule has 1 aromatic rings. The lowest BCUT2D eigenvalue weighted by Gasteiger charge is -2.14. The summed E-state index contributed by atoms with van der Waals surface area (Å²) in [5, 5.41) is 0. The highest BCUT2D eigenvalue weighted by atomic mass is 19.4. The van der Waals surface area contributed by atoms with Crippen molar-refractivity contribution in [1.82, 2.24) is 0 Å². The van der Waals surface area contributed by atoms with Gasteiger partial charge in [-0.15, -0.1) is 0 Å². The summed E-state index contributed by atoms with van der Waals surface area (Å²) in [6.07, 6.45) is -4.32. The van der Waals surface area contributed by atoms with Gasteiger partial charge in [0.1, 0.15) is 5.75 Å². The number of benzene rings is 1. The number of aryl methyl sites for hydroxylation is 2. The Kier molecular flexibility index (Phi) is 3.12. The van der Waals surface area contributed by atoms with Crippen molar-refractivity contribution in [2.45, 2.75) is 20.0 Å². The lowest BCUT2D eigenvalue weighted by molar-refractivity contribution is -0.153. The second-order valence-corrected chi connectivity index (χ2v) is 3.39. The van der Waals surface area contributed by atoms with Gasteiger partial charge >= 0.3 is 6.18 Å². The van der Waals surface area contributed by atoms with Crippen LogP contribution in [0, 0.1) is 13.8 Å². The van der Waals surface area contributed by atoms with E-state index in [1.165, 1.54) is 0 Å². The van der Waals surface area contributed by atoms with Crippen molar-refractivity contribution in [3.8, 4) is 5.75 Å². The van der Waals surface area contributed by atoms with Crippen LogP contribution in [-0.2, 0) is 0 Å². The molecule has 5 heteroatoms. The van der Waals surface area contributed by atoms with Gasteiger partial charge in [-0.25, -0.2) is 0 Å². The highest BCUT2D eigenvalue weighted by molar-refractivity contribution is 5.52. The van der Waals surface area contributed by atoms with Crippen molar-refractivity contribution < 1.29 is 17.9 Å². The number of hydrogen-bond acceptors (Lipinski definition) is 2. The van der Waals surface area contributed by atoms with E-state index < -0.39 is 12.8 Å². The summed E-state index contributed by atoms with van der Waals surface area (Å²) in [6.45, 7) is 2.04. The monoisotopic (exact) mass is 219 g/mol. The number of ether oxygens (including phenoxy) is 1. The summed E-state index contributed by atoms with van der Waals surface area (Å²) < 4.78 is 40.5. The Bertz CT molecular complexity index is 337. The number of nitrogens with two attached hydrogens (primary N) is 1. The molecule has 0 bridgehead atoms. The molecule has 0 unspecified atom stereocenters. The normalized spacial score (nSPS) is 11.5. The Morgan fingerprint density at radius 2 is 1.67 bits per heavy atom. The SMILES string of the molecule is Cc1cc(N)cc(C)c1OCC(F)(F)F. The maximum absolute atomic E-state index is 11.9. The maximum Gasteiger partial charge on any atom is 0.422 e. The van der Waals surface area contributed by atoms with Crippen molar-refractivity contribution in [2.24, 2.45) is 0 Å². The third kappa shape index (κ3) is 3.34. The second kappa shape index (κ2) is 4.00. The first-order valence-electron chi connectivity index (χ1n) is 4.36. The summed E-state index contributed by atoms with van der Waals surface area (Å²) in [6, 6.07) is 3.16. The van der Waals surface area contributed by atoms with Crippen molar-refractivity contribution in [1.29, 1.82) is 0 Å². The van der Waals surface area contributed by atoms with Crippen LogP contribution in [0.1, 0.15) is 11.1 Å². The number of anilines is 1. The van der Waals surface area contributed by atoms with Gasteiger partial charge in [-0.1, -0.05) is 0 Å². The molecule has 0 aliphatic heterocycles. The number of nitrogen functional groups attached to an aromatic ring is 1. The fourth-order valence-corrected chi connectivity index (χ4v) is 1.37. The van der Waals surface area contributed by atoms with E-state index in [1.807, 2.05) is 0 Å². The van der Waals surface area contributed by atoms with Gasteiger partial charge in [0, 0.05) is 5.69 Å². The van der Waals surface area contributed by atoms with Crippen LogP contribution < -0.4 is 10.5 Å². The molecule has 0 heterocycles. The van der Waals surface area contributed by atoms with Crippen LogP contribution in [0.25, 0.3) is 0 Å². The van der Waals surface area contributed by atoms with Gasteiger partial charge in [0.05, 0.1) is 0 Å². The lowest BCUT2D eigenvalue weighted by Crippen LogP contribution is -2.20. The Balaban J connectivity index is 2.86. The van der Waals surface area contributed by atoms with Gasteiger partial charge < -0.3 is 10.5 Å². The maximum atomic E-state index is 11.9. The highest BCUT2D eigenvalue weighted by Gasteiger charge is 2.28. The Hall–Kier alpha value is -1.39. The molecule has 1 aromatic carbocycles. The van der Waals surface area contributed by atoms with Crippen LogP contribution in [0.15, 0.2) is 12.1 Å². The van der Waals surface area contributed by atoms with Gasteiger partial charge in [-0.05, 0) is 37.1 Å². The minimum atomic E-state index is -4.32. The molecule has 0 saturated carbocycles. The van der Waals surface area contributed by atoms with Crippen molar-refractivity contribution in [2.75, 3.05) is 12.3 Å². The molecular weight excluding hydrogens is 207 g/mol. The molecular formula is C10H12F3NO. The smallest absolute Gasteiger partial charge is 0.422 e. The third-order valence-electron chi connectivity index (χ3n) is 1.86. The molecule has 2 N–H and O–H groups in total. The van der Waals surface area contributed by atoms with Crippen LogP contribution in [0.3, 0.4) is 0 Å². The molecule has 0 radical (unpaired) electrons. The van der Waals surface area contributed by atoms with Crippen LogP contribution in [0.2, 0.25) is 0 Å². The number of alkyl halides is 3. The summed E-state index contributed by atoms with van der Waals surface area (Å²) >= 11 is 0. The minimum Gasteiger partial charge on any atom is -0.484 e. The molecule has 0 saturated heterocycles. The van der Waals surface area contributed by atoms with Crippen molar-refractivity contribution in [3.63, 3.8) is 0 Å². The van der Waals surface area contributed by atoms with E-state index >= 15 is 0 Å². The van der Waals surface area contributed by atoms with Crippen molar-refractivity contribution in [3.05, 3.63) is 23.3 Å². The molecule has 0 amide bonds. The topological polar surface area (TPSA) is 35.2 Å². The van der Waals surface area contributed by atoms with E-state index in [2.05, 4.69) is 0 Å². The van der Waals surface area contributed by atoms with E-state index in [0.717, 1.165) is 0 Å². The van der Waals surface area contributed by atoms with E-state index in [4.69, 9.17) is 10.5 Å². The zero-order valence-electron chi connectivity index (χ0n) is 8.48. The van der Waals surface area contributed by atoms with Crippen LogP contribution >= 0.6 is 0 Å². The van der Waals surface area contributed by atoms with E-state index in [-0.39, 0.29) is 5.75 Å². The molecule has 1 rings (SSSR count). The molecule has 0 aromatic heterocycles. The van der Waals surface area contributed by atoms with E-state index in [0.29, 0.717) is 16.8 Å². The average Bonchev–Trinajstić information content (AvgIpc) is 1.99. The number of rotatable bonds is 2. The molecule has 0 spiro atoms. The number of hydrogen-bond donors (Lipinski definition) is 1. The molecule has 0 atom stereocenters. The Morgan fingerprint density at radius 3 is 2.07 bits per heavy atom. The quantitative estimate of drug-likeness (QED) is 0.776. The van der Waals surface area contributed by atoms with Crippen LogP contribution in [0.4, 0.5) is 18.9 Å². The lowest BCUT2D eigenvalue weighted by atomic mass is 10.1. The zero-order chi connectivity index (χ0) is 11.6. The highest BCUT2D eigenvalue weighted by Crippen LogP contribution is 2.27. The van der Waals surface area contributed by atoms with Gasteiger partial charge in [-0.2, -0.15) is 13.2 Å². The summed E-state index contributed by atoms with van der Waals surface area (Å²) in [5.41, 5.74) is 7.27. The van der Waals surface area contributed by atoms with Crippen molar-refractivity contribution >= 4 is 5.69 Å². The summed E-state index contributed by atoms with van der Waals surface area (Å²) in [5.74, 6) is 0.251. The molecule has 2 nitrogen and oxygen atoms in total. The van der Waals surface area contributed by atoms with E-state index in [9.17, 15) is 13.2 Å². The van der Waals surface area contributed by atoms with Gasteiger partial charge in [-0.3, -0.25) is 0 Å². The average molecular weight is 219 g/mol. The summed E-state index contributed by atoms with van der Waals surface area (Å²) in [7, 11) is 0. The minimum absolute atomic E-state index is 0.251. The zero-order valence-corrected chi connectivity index (χ0v) is 8.48. The predicted octanol–water partition coefficient (Wildman–Crippen LogP) is 2.83. The number of halogens is 3. The fourth-order valence-electron chi connectivity index (χ4n) is 1.37. The molecule has 0 aliphatic rings. The van der Waals surface area contributed by atoms with Gasteiger partial charge in [0.25, 0.3) is 0 Å². The molecule has 84 valence electrons. The van der Waals surface area contributed by atoms with E-state index in [1.54, 1.807) is 26.0 Å². The predicted molar refractivity (Wildman–Crippen MR) is 51.9 cm³/mol. The first-order chi connectivity index (χ1) is 6.79. The third-order valence-corrected chi connectivity index (χ3v) is 1.86. The molecule has 0 fully saturated rings. The largest absolute Gasteiger partial charge is 0.484 e. The molecule has 15 heavy (non-hydrogen) atoms. The fraction of sp³-hybridized carbons (Fsp3) is 0.400. The molecule has 0 aliphatic carbocycles. The van der Waals surface area contributed by atoms with Crippen LogP contribution in [0.5, 0.6) is 5.75 Å². The Morgan fingerprint density at radius 1 is 1.20 bits per heavy atom. The van der Waals surface area contributed by atoms with Gasteiger partial charge in [0.2, 0.25) is 0 Å². The standard InChI is InChI=1S/C10H12F3NO/c1-6-3-8(14)4-7(2)9(6)15-5-10(11,12)13/h3-4H,5,14H2,1-2H3. The second-order valence-electron chi connectivity index (χ2n) is 3.39. The van der Waals surface area contributed by atoms with Gasteiger partial charge in [0.15, 0.2) is 6.61 Å². The summed E-state index contributed by atoms with van der Waals surface area (Å²) in [4.78, 5) is 0. The first-order valence-corrected chi connectivity index (χ1v) is 4.36. The Labute approximate surface area is 85.8 Å². The van der Waals surface area contributed by atoms with Crippen LogP contribution in [-0.4, -0.2) is 12.8 Å².